The average Bonchev–Trinajstić information content (AvgIpc) is 2.67. The maximum Gasteiger partial charge on any atom is 0.336 e. The van der Waals surface area contributed by atoms with Crippen LogP contribution in [0.1, 0.15) is 57.6 Å². The summed E-state index contributed by atoms with van der Waals surface area (Å²) in [6.07, 6.45) is 2.66. The summed E-state index contributed by atoms with van der Waals surface area (Å²) in [6, 6.07) is 4.12. The zero-order valence-electron chi connectivity index (χ0n) is 17.4. The molecule has 0 bridgehead atoms. The van der Waals surface area contributed by atoms with Crippen molar-refractivity contribution in [2.75, 3.05) is 0 Å². The van der Waals surface area contributed by atoms with Gasteiger partial charge in [-0.15, -0.1) is 0 Å². The number of aliphatic carboxylic acids is 1. The van der Waals surface area contributed by atoms with Gasteiger partial charge in [0.25, 0.3) is 5.91 Å². The first-order valence-electron chi connectivity index (χ1n) is 10.0. The van der Waals surface area contributed by atoms with Crippen LogP contribution in [0.25, 0.3) is 11.0 Å². The summed E-state index contributed by atoms with van der Waals surface area (Å²) in [4.78, 5) is 35.7. The molecule has 0 spiro atoms. The Morgan fingerprint density at radius 3 is 2.59 bits per heavy atom. The van der Waals surface area contributed by atoms with Crippen molar-refractivity contribution in [1.29, 1.82) is 0 Å². The van der Waals surface area contributed by atoms with Gasteiger partial charge in [-0.05, 0) is 44.4 Å². The fourth-order valence-electron chi connectivity index (χ4n) is 3.21. The SMILES string of the molecule is CCCCC(NC(=O)C(C)Oc1ccc2c(CCC)cc(=O)oc2c1C)C(=O)O. The summed E-state index contributed by atoms with van der Waals surface area (Å²) in [5.41, 5.74) is 1.56. The highest BCUT2D eigenvalue weighted by molar-refractivity contribution is 5.87. The summed E-state index contributed by atoms with van der Waals surface area (Å²) in [6.45, 7) is 7.32. The molecule has 2 atom stereocenters. The molecule has 0 aliphatic carbocycles. The first-order chi connectivity index (χ1) is 13.8. The van der Waals surface area contributed by atoms with Gasteiger partial charge in [-0.2, -0.15) is 0 Å². The molecule has 0 fully saturated rings. The van der Waals surface area contributed by atoms with Crippen molar-refractivity contribution in [3.8, 4) is 5.75 Å². The maximum absolute atomic E-state index is 12.4. The monoisotopic (exact) mass is 403 g/mol. The van der Waals surface area contributed by atoms with E-state index in [0.717, 1.165) is 30.2 Å². The number of amides is 1. The van der Waals surface area contributed by atoms with Crippen molar-refractivity contribution < 1.29 is 23.8 Å². The molecule has 0 radical (unpaired) electrons. The van der Waals surface area contributed by atoms with Gasteiger partial charge < -0.3 is 19.6 Å². The molecule has 2 rings (SSSR count). The lowest BCUT2D eigenvalue weighted by atomic mass is 10.0. The van der Waals surface area contributed by atoms with Crippen LogP contribution in [0.2, 0.25) is 0 Å². The zero-order chi connectivity index (χ0) is 21.6. The second-order valence-electron chi connectivity index (χ2n) is 7.21. The van der Waals surface area contributed by atoms with Crippen LogP contribution < -0.4 is 15.7 Å². The molecule has 1 aromatic heterocycles. The Labute approximate surface area is 170 Å². The topological polar surface area (TPSA) is 106 Å². The smallest absolute Gasteiger partial charge is 0.336 e. The van der Waals surface area contributed by atoms with E-state index < -0.39 is 29.6 Å². The average molecular weight is 403 g/mol. The van der Waals surface area contributed by atoms with Crippen LogP contribution in [0.5, 0.6) is 5.75 Å². The first kappa shape index (κ1) is 22.5. The molecule has 7 nitrogen and oxygen atoms in total. The third-order valence-corrected chi connectivity index (χ3v) is 4.85. The number of carboxylic acid groups (broad SMARTS) is 1. The summed E-state index contributed by atoms with van der Waals surface area (Å²) in [5, 5.41) is 12.7. The summed E-state index contributed by atoms with van der Waals surface area (Å²) >= 11 is 0. The summed E-state index contributed by atoms with van der Waals surface area (Å²) in [5.74, 6) is -1.15. The molecule has 158 valence electrons. The quantitative estimate of drug-likeness (QED) is 0.588. The normalized spacial score (nSPS) is 13.1. The van der Waals surface area contributed by atoms with Crippen LogP contribution in [0.15, 0.2) is 27.4 Å². The van der Waals surface area contributed by atoms with E-state index in [9.17, 15) is 19.5 Å². The van der Waals surface area contributed by atoms with Crippen molar-refractivity contribution in [3.63, 3.8) is 0 Å². The lowest BCUT2D eigenvalue weighted by Crippen LogP contribution is -2.46. The van der Waals surface area contributed by atoms with Gasteiger partial charge in [-0.3, -0.25) is 4.79 Å². The minimum absolute atomic E-state index is 0.366. The highest BCUT2D eigenvalue weighted by Crippen LogP contribution is 2.29. The lowest BCUT2D eigenvalue weighted by molar-refractivity contribution is -0.143. The second kappa shape index (κ2) is 10.1. The van der Waals surface area contributed by atoms with E-state index in [1.807, 2.05) is 19.9 Å². The molecule has 0 saturated carbocycles. The van der Waals surface area contributed by atoms with Gasteiger partial charge in [0.15, 0.2) is 6.10 Å². The summed E-state index contributed by atoms with van der Waals surface area (Å²) in [7, 11) is 0. The molecule has 29 heavy (non-hydrogen) atoms. The van der Waals surface area contributed by atoms with Crippen LogP contribution in [-0.4, -0.2) is 29.1 Å². The van der Waals surface area contributed by atoms with Crippen molar-refractivity contribution in [2.45, 2.75) is 71.9 Å². The Kier molecular flexibility index (Phi) is 7.82. The third-order valence-electron chi connectivity index (χ3n) is 4.85. The van der Waals surface area contributed by atoms with Gasteiger partial charge in [-0.1, -0.05) is 33.1 Å². The summed E-state index contributed by atoms with van der Waals surface area (Å²) < 4.78 is 11.2. The standard InChI is InChI=1S/C22H29NO6/c1-5-7-9-17(22(26)27)23-21(25)14(4)28-18-11-10-16-15(8-6-2)12-19(24)29-20(16)13(18)3/h10-12,14,17H,5-9H2,1-4H3,(H,23,25)(H,26,27). The minimum atomic E-state index is -1.06. The van der Waals surface area contributed by atoms with E-state index in [4.69, 9.17) is 9.15 Å². The number of nitrogens with one attached hydrogen (secondary N) is 1. The first-order valence-corrected chi connectivity index (χ1v) is 10.0. The van der Waals surface area contributed by atoms with Crippen LogP contribution in [0.4, 0.5) is 0 Å². The van der Waals surface area contributed by atoms with Gasteiger partial charge in [0.05, 0.1) is 0 Å². The molecule has 1 amide bonds. The molecular formula is C22H29NO6. The van der Waals surface area contributed by atoms with Crippen molar-refractivity contribution in [2.24, 2.45) is 0 Å². The second-order valence-corrected chi connectivity index (χ2v) is 7.21. The molecular weight excluding hydrogens is 374 g/mol. The third kappa shape index (κ3) is 5.59. The van der Waals surface area contributed by atoms with E-state index in [1.165, 1.54) is 6.07 Å². The molecule has 0 aliphatic rings. The number of carbonyl (C=O) groups excluding carboxylic acids is 1. The number of aryl methyl sites for hydroxylation is 2. The highest BCUT2D eigenvalue weighted by Gasteiger charge is 2.24. The number of rotatable bonds is 10. The number of fused-ring (bicyclic) bond motifs is 1. The molecule has 1 heterocycles. The molecule has 2 aromatic rings. The van der Waals surface area contributed by atoms with Crippen LogP contribution >= 0.6 is 0 Å². The Balaban J connectivity index is 2.22. The van der Waals surface area contributed by atoms with Crippen LogP contribution in [0, 0.1) is 6.92 Å². The number of ether oxygens (including phenoxy) is 1. The molecule has 0 saturated heterocycles. The Bertz CT molecular complexity index is 933. The fourth-order valence-corrected chi connectivity index (χ4v) is 3.21. The van der Waals surface area contributed by atoms with Crippen LogP contribution in [-0.2, 0) is 16.0 Å². The van der Waals surface area contributed by atoms with Gasteiger partial charge >= 0.3 is 11.6 Å². The Hall–Kier alpha value is -2.83. The van der Waals surface area contributed by atoms with E-state index >= 15 is 0 Å². The van der Waals surface area contributed by atoms with Crippen molar-refractivity contribution in [3.05, 3.63) is 39.7 Å². The van der Waals surface area contributed by atoms with Gasteiger partial charge in [0, 0.05) is 17.0 Å². The number of carbonyl (C=O) groups is 2. The number of hydrogen-bond acceptors (Lipinski definition) is 5. The molecule has 1 aromatic carbocycles. The zero-order valence-corrected chi connectivity index (χ0v) is 17.4. The van der Waals surface area contributed by atoms with Crippen LogP contribution in [0.3, 0.4) is 0 Å². The van der Waals surface area contributed by atoms with Gasteiger partial charge in [0.2, 0.25) is 0 Å². The largest absolute Gasteiger partial charge is 0.480 e. The molecule has 7 heteroatoms. The predicted molar refractivity (Wildman–Crippen MR) is 110 cm³/mol. The molecule has 0 aliphatic heterocycles. The van der Waals surface area contributed by atoms with E-state index in [1.54, 1.807) is 19.9 Å². The minimum Gasteiger partial charge on any atom is -0.480 e. The Morgan fingerprint density at radius 1 is 1.24 bits per heavy atom. The van der Waals surface area contributed by atoms with Gasteiger partial charge in [-0.25, -0.2) is 9.59 Å². The Morgan fingerprint density at radius 2 is 1.97 bits per heavy atom. The number of hydrogen-bond donors (Lipinski definition) is 2. The van der Waals surface area contributed by atoms with Crippen molar-refractivity contribution >= 4 is 22.8 Å². The molecule has 2 N–H and O–H groups in total. The fraction of sp³-hybridized carbons (Fsp3) is 0.500. The number of unbranched alkanes of at least 4 members (excludes halogenated alkanes) is 1. The highest BCUT2D eigenvalue weighted by atomic mass is 16.5. The van der Waals surface area contributed by atoms with E-state index in [2.05, 4.69) is 5.32 Å². The van der Waals surface area contributed by atoms with E-state index in [-0.39, 0.29) is 0 Å². The van der Waals surface area contributed by atoms with Crippen molar-refractivity contribution in [1.82, 2.24) is 5.32 Å². The number of benzene rings is 1. The van der Waals surface area contributed by atoms with Gasteiger partial charge in [0.1, 0.15) is 17.4 Å². The number of carboxylic acids is 1. The molecule has 2 unspecified atom stereocenters. The maximum atomic E-state index is 12.4. The van der Waals surface area contributed by atoms with E-state index in [0.29, 0.717) is 29.7 Å². The lowest BCUT2D eigenvalue weighted by Gasteiger charge is -2.20. The predicted octanol–water partition coefficient (Wildman–Crippen LogP) is 3.58.